The van der Waals surface area contributed by atoms with Crippen LogP contribution in [-0.4, -0.2) is 16.2 Å². The van der Waals surface area contributed by atoms with Gasteiger partial charge in [0.25, 0.3) is 0 Å². The van der Waals surface area contributed by atoms with E-state index in [4.69, 9.17) is 16.0 Å². The standard InChI is InChI=1S/C24H21ClN4O2/c1-2-16-10-6-9-15-20(16)26-24(30)27-21(17-11-4-3-5-12-17)23-29-28-22(31-23)18-13-7-8-14-19(18)25/h3-15,21H,2H2,1H3,(H2,26,27,30)/t21-/m0/s1. The predicted molar refractivity (Wildman–Crippen MR) is 121 cm³/mol. The fraction of sp³-hybridized carbons (Fsp3) is 0.125. The molecule has 0 radical (unpaired) electrons. The number of carbonyl (C=O) groups is 1. The summed E-state index contributed by atoms with van der Waals surface area (Å²) in [5.74, 6) is 0.556. The van der Waals surface area contributed by atoms with Crippen molar-refractivity contribution in [3.63, 3.8) is 0 Å². The van der Waals surface area contributed by atoms with Gasteiger partial charge in [-0.25, -0.2) is 4.79 Å². The van der Waals surface area contributed by atoms with E-state index in [0.717, 1.165) is 23.2 Å². The van der Waals surface area contributed by atoms with Crippen LogP contribution in [0.25, 0.3) is 11.5 Å². The molecule has 0 bridgehead atoms. The molecule has 0 aliphatic rings. The van der Waals surface area contributed by atoms with Crippen molar-refractivity contribution < 1.29 is 9.21 Å². The third-order valence-corrected chi connectivity index (χ3v) is 5.18. The second-order valence-corrected chi connectivity index (χ2v) is 7.29. The van der Waals surface area contributed by atoms with Crippen LogP contribution in [0, 0.1) is 0 Å². The summed E-state index contributed by atoms with van der Waals surface area (Å²) in [6.45, 7) is 2.04. The lowest BCUT2D eigenvalue weighted by molar-refractivity contribution is 0.248. The SMILES string of the molecule is CCc1ccccc1NC(=O)N[C@@H](c1ccccc1)c1nnc(-c2ccccc2Cl)o1. The molecular weight excluding hydrogens is 412 g/mol. The second-order valence-electron chi connectivity index (χ2n) is 6.88. The van der Waals surface area contributed by atoms with Crippen molar-refractivity contribution in [1.29, 1.82) is 0 Å². The maximum absolute atomic E-state index is 12.8. The Labute approximate surface area is 185 Å². The van der Waals surface area contributed by atoms with E-state index in [-0.39, 0.29) is 11.9 Å². The average molecular weight is 433 g/mol. The highest BCUT2D eigenvalue weighted by atomic mass is 35.5. The summed E-state index contributed by atoms with van der Waals surface area (Å²) in [4.78, 5) is 12.8. The number of benzene rings is 3. The lowest BCUT2D eigenvalue weighted by atomic mass is 10.1. The third-order valence-electron chi connectivity index (χ3n) is 4.85. The molecule has 156 valence electrons. The van der Waals surface area contributed by atoms with Crippen LogP contribution in [0.5, 0.6) is 0 Å². The van der Waals surface area contributed by atoms with Crippen LogP contribution in [-0.2, 0) is 6.42 Å². The lowest BCUT2D eigenvalue weighted by Gasteiger charge is -2.17. The molecule has 2 amide bonds. The normalized spacial score (nSPS) is 11.7. The van der Waals surface area contributed by atoms with Crippen molar-refractivity contribution >= 4 is 23.3 Å². The first-order chi connectivity index (χ1) is 15.2. The fourth-order valence-electron chi connectivity index (χ4n) is 3.27. The van der Waals surface area contributed by atoms with Crippen LogP contribution in [0.1, 0.15) is 30.0 Å². The zero-order chi connectivity index (χ0) is 21.6. The topological polar surface area (TPSA) is 80.0 Å². The first-order valence-electron chi connectivity index (χ1n) is 9.94. The third kappa shape index (κ3) is 4.75. The number of hydrogen-bond donors (Lipinski definition) is 2. The van der Waals surface area contributed by atoms with E-state index < -0.39 is 6.04 Å². The smallest absolute Gasteiger partial charge is 0.320 e. The van der Waals surface area contributed by atoms with E-state index >= 15 is 0 Å². The molecule has 1 heterocycles. The molecule has 0 aliphatic heterocycles. The van der Waals surface area contributed by atoms with Crippen molar-refractivity contribution in [3.8, 4) is 11.5 Å². The lowest BCUT2D eigenvalue weighted by Crippen LogP contribution is -2.33. The molecule has 0 spiro atoms. The number of rotatable bonds is 6. The summed E-state index contributed by atoms with van der Waals surface area (Å²) in [6.07, 6.45) is 0.809. The molecule has 0 saturated heterocycles. The highest BCUT2D eigenvalue weighted by Crippen LogP contribution is 2.29. The Balaban J connectivity index is 1.62. The van der Waals surface area contributed by atoms with Crippen LogP contribution in [0.3, 0.4) is 0 Å². The van der Waals surface area contributed by atoms with Crippen LogP contribution in [0.4, 0.5) is 10.5 Å². The number of halogens is 1. The first-order valence-corrected chi connectivity index (χ1v) is 10.3. The Hall–Kier alpha value is -3.64. The van der Waals surface area contributed by atoms with Crippen LogP contribution >= 0.6 is 11.6 Å². The zero-order valence-corrected chi connectivity index (χ0v) is 17.6. The number of amides is 2. The van der Waals surface area contributed by atoms with Crippen molar-refractivity contribution in [1.82, 2.24) is 15.5 Å². The number of hydrogen-bond acceptors (Lipinski definition) is 4. The summed E-state index contributed by atoms with van der Waals surface area (Å²) < 4.78 is 5.91. The number of nitrogens with zero attached hydrogens (tertiary/aromatic N) is 2. The maximum Gasteiger partial charge on any atom is 0.320 e. The molecule has 1 aromatic heterocycles. The van der Waals surface area contributed by atoms with Crippen molar-refractivity contribution in [3.05, 3.63) is 101 Å². The summed E-state index contributed by atoms with van der Waals surface area (Å²) >= 11 is 6.26. The van der Waals surface area contributed by atoms with Gasteiger partial charge in [0.15, 0.2) is 0 Å². The largest absolute Gasteiger partial charge is 0.418 e. The van der Waals surface area contributed by atoms with Crippen LogP contribution < -0.4 is 10.6 Å². The minimum absolute atomic E-state index is 0.264. The van der Waals surface area contributed by atoms with Gasteiger partial charge in [0.1, 0.15) is 6.04 Å². The summed E-state index contributed by atoms with van der Waals surface area (Å²) in [6, 6.07) is 23.4. The molecule has 0 aliphatic carbocycles. The first kappa shape index (κ1) is 20.6. The number of aryl methyl sites for hydroxylation is 1. The van der Waals surface area contributed by atoms with Gasteiger partial charge in [-0.2, -0.15) is 0 Å². The van der Waals surface area contributed by atoms with Gasteiger partial charge in [-0.1, -0.05) is 79.2 Å². The molecule has 2 N–H and O–H groups in total. The molecule has 1 atom stereocenters. The minimum Gasteiger partial charge on any atom is -0.418 e. The number of urea groups is 1. The summed E-state index contributed by atoms with van der Waals surface area (Å²) in [7, 11) is 0. The van der Waals surface area contributed by atoms with Crippen LogP contribution in [0.15, 0.2) is 83.3 Å². The van der Waals surface area contributed by atoms with Gasteiger partial charge < -0.3 is 15.1 Å². The molecule has 4 rings (SSSR count). The maximum atomic E-state index is 12.8. The van der Waals surface area contributed by atoms with Gasteiger partial charge in [-0.05, 0) is 35.7 Å². The second kappa shape index (κ2) is 9.45. The van der Waals surface area contributed by atoms with Gasteiger partial charge in [-0.3, -0.25) is 0 Å². The molecule has 3 aromatic carbocycles. The fourth-order valence-corrected chi connectivity index (χ4v) is 3.48. The van der Waals surface area contributed by atoms with Gasteiger partial charge in [-0.15, -0.1) is 10.2 Å². The number of carbonyl (C=O) groups excluding carboxylic acids is 1. The molecule has 31 heavy (non-hydrogen) atoms. The monoisotopic (exact) mass is 432 g/mol. The minimum atomic E-state index is -0.626. The number of anilines is 1. The Morgan fingerprint density at radius 3 is 2.45 bits per heavy atom. The molecule has 7 heteroatoms. The summed E-state index contributed by atoms with van der Waals surface area (Å²) in [5.41, 5.74) is 3.26. The zero-order valence-electron chi connectivity index (χ0n) is 16.9. The molecule has 0 saturated carbocycles. The van der Waals surface area contributed by atoms with Gasteiger partial charge >= 0.3 is 6.03 Å². The van der Waals surface area contributed by atoms with Crippen molar-refractivity contribution in [2.45, 2.75) is 19.4 Å². The van der Waals surface area contributed by atoms with Gasteiger partial charge in [0.05, 0.1) is 10.6 Å². The van der Waals surface area contributed by atoms with E-state index in [1.807, 2.05) is 73.7 Å². The molecule has 0 unspecified atom stereocenters. The molecule has 0 fully saturated rings. The number of aromatic nitrogens is 2. The highest BCUT2D eigenvalue weighted by molar-refractivity contribution is 6.33. The van der Waals surface area contributed by atoms with Crippen molar-refractivity contribution in [2.24, 2.45) is 0 Å². The number of para-hydroxylation sites is 1. The van der Waals surface area contributed by atoms with E-state index in [1.165, 1.54) is 0 Å². The molecule has 4 aromatic rings. The quantitative estimate of drug-likeness (QED) is 0.399. The van der Waals surface area contributed by atoms with Gasteiger partial charge in [0.2, 0.25) is 11.8 Å². The average Bonchev–Trinajstić information content (AvgIpc) is 3.28. The number of nitrogens with one attached hydrogen (secondary N) is 2. The van der Waals surface area contributed by atoms with Crippen LogP contribution in [0.2, 0.25) is 5.02 Å². The van der Waals surface area contributed by atoms with E-state index in [1.54, 1.807) is 12.1 Å². The predicted octanol–water partition coefficient (Wildman–Crippen LogP) is 5.86. The van der Waals surface area contributed by atoms with Crippen molar-refractivity contribution in [2.75, 3.05) is 5.32 Å². The Morgan fingerprint density at radius 1 is 0.968 bits per heavy atom. The van der Waals surface area contributed by atoms with E-state index in [9.17, 15) is 4.79 Å². The Bertz CT molecular complexity index is 1180. The Kier molecular flexibility index (Phi) is 6.29. The van der Waals surface area contributed by atoms with Gasteiger partial charge in [0, 0.05) is 5.69 Å². The Morgan fingerprint density at radius 2 is 1.68 bits per heavy atom. The highest BCUT2D eigenvalue weighted by Gasteiger charge is 2.24. The summed E-state index contributed by atoms with van der Waals surface area (Å²) in [5, 5.41) is 14.7. The molecule has 6 nitrogen and oxygen atoms in total. The van der Waals surface area contributed by atoms with E-state index in [2.05, 4.69) is 20.8 Å². The van der Waals surface area contributed by atoms with E-state index in [0.29, 0.717) is 16.5 Å². The molecular formula is C24H21ClN4O2.